The van der Waals surface area contributed by atoms with Crippen LogP contribution in [-0.4, -0.2) is 8.66 Å². The summed E-state index contributed by atoms with van der Waals surface area (Å²) in [6.45, 7) is 0. The summed E-state index contributed by atoms with van der Waals surface area (Å²) in [4.78, 5) is 0. The number of fused-ring (bicyclic) bond motifs is 1. The Hall–Kier alpha value is -0.400. The van der Waals surface area contributed by atoms with Gasteiger partial charge in [-0.05, 0) is 0 Å². The van der Waals surface area contributed by atoms with Gasteiger partial charge in [-0.3, -0.25) is 0 Å². The van der Waals surface area contributed by atoms with Gasteiger partial charge < -0.3 is 0 Å². The van der Waals surface area contributed by atoms with Gasteiger partial charge in [0, 0.05) is 0 Å². The first-order chi connectivity index (χ1) is 5.29. The van der Waals surface area contributed by atoms with Crippen molar-refractivity contribution < 1.29 is 28.0 Å². The van der Waals surface area contributed by atoms with Gasteiger partial charge in [0.15, 0.2) is 0 Å². The van der Waals surface area contributed by atoms with Crippen molar-refractivity contribution in [3.63, 3.8) is 0 Å². The van der Waals surface area contributed by atoms with Crippen molar-refractivity contribution >= 4 is 5.71 Å². The Morgan fingerprint density at radius 3 is 3.18 bits per heavy atom. The summed E-state index contributed by atoms with van der Waals surface area (Å²) in [5.41, 5.74) is 1.32. The topological polar surface area (TPSA) is 53.6 Å². The molecule has 1 aliphatic heterocycles. The minimum absolute atomic E-state index is 0.0538. The van der Waals surface area contributed by atoms with Gasteiger partial charge in [-0.25, -0.2) is 0 Å². The molecule has 2 rings (SSSR count). The summed E-state index contributed by atoms with van der Waals surface area (Å²) < 4.78 is 0.939. The average molecular weight is 265 g/mol. The van der Waals surface area contributed by atoms with Gasteiger partial charge in [-0.15, -0.1) is 0 Å². The molecule has 0 aromatic rings. The fourth-order valence-corrected chi connectivity index (χ4v) is 2.96. The second kappa shape index (κ2) is 2.58. The molecule has 11 heavy (non-hydrogen) atoms. The number of nitrogens with zero attached hydrogens (tertiary/aromatic N) is 1. The summed E-state index contributed by atoms with van der Waals surface area (Å²) in [5, 5.41) is 22.2. The Bertz CT molecular complexity index is 282. The summed E-state index contributed by atoms with van der Waals surface area (Å²) >= 11 is -0.943. The predicted molar refractivity (Wildman–Crippen MR) is 34.8 cm³/mol. The summed E-state index contributed by atoms with van der Waals surface area (Å²) in [5.74, 6) is 0. The standard InChI is InChI=1S/C6H6IN2O2/c10-8-5-3-1-2-4-6(5)9(11)7-8/h1-3,8H,4H2/q-1. The molecular weight excluding hydrogens is 259 g/mol. The number of allylic oxidation sites excluding steroid dienone is 4. The van der Waals surface area contributed by atoms with Crippen LogP contribution in [0.4, 0.5) is 0 Å². The second-order valence-electron chi connectivity index (χ2n) is 2.26. The molecule has 1 N–H and O–H groups in total. The second-order valence-corrected chi connectivity index (χ2v) is 4.60. The molecule has 0 amide bonds. The van der Waals surface area contributed by atoms with Crippen LogP contribution in [0.25, 0.3) is 0 Å². The van der Waals surface area contributed by atoms with Gasteiger partial charge in [-0.2, -0.15) is 0 Å². The van der Waals surface area contributed by atoms with Crippen molar-refractivity contribution in [3.8, 4) is 0 Å². The molecule has 5 heteroatoms. The number of hydroxylamine groups is 1. The van der Waals surface area contributed by atoms with Crippen LogP contribution in [0.1, 0.15) is 6.42 Å². The van der Waals surface area contributed by atoms with Crippen molar-refractivity contribution in [3.05, 3.63) is 34.3 Å². The average Bonchev–Trinajstić information content (AvgIpc) is 2.30. The number of halogens is 1. The maximum atomic E-state index is 11.1. The first-order valence-corrected chi connectivity index (χ1v) is 5.23. The molecule has 1 unspecified atom stereocenters. The predicted octanol–water partition coefficient (Wildman–Crippen LogP) is -3.90. The maximum absolute atomic E-state index is 11.1. The molecule has 0 radical (unpaired) electrons. The van der Waals surface area contributed by atoms with Crippen molar-refractivity contribution in [1.29, 1.82) is 0 Å². The molecule has 0 saturated carbocycles. The fraction of sp³-hybridized carbons (Fsp3) is 0.167. The van der Waals surface area contributed by atoms with E-state index in [9.17, 15) is 10.4 Å². The zero-order valence-corrected chi connectivity index (χ0v) is 7.74. The van der Waals surface area contributed by atoms with Crippen molar-refractivity contribution in [2.24, 2.45) is 0 Å². The zero-order valence-electron chi connectivity index (χ0n) is 5.58. The Balaban J connectivity index is 2.43. The van der Waals surface area contributed by atoms with Gasteiger partial charge >= 0.3 is 74.5 Å². The molecule has 0 aromatic heterocycles. The van der Waals surface area contributed by atoms with Crippen LogP contribution in [-0.2, 0) is 0 Å². The van der Waals surface area contributed by atoms with Crippen LogP contribution in [0, 0.1) is 10.4 Å². The van der Waals surface area contributed by atoms with Crippen molar-refractivity contribution in [2.75, 3.05) is 0 Å². The van der Waals surface area contributed by atoms with Crippen LogP contribution >= 0.6 is 0 Å². The summed E-state index contributed by atoms with van der Waals surface area (Å²) in [6.07, 6.45) is 6.09. The molecule has 1 atom stereocenters. The molecule has 0 aromatic carbocycles. The number of hydrogen-bond acceptors (Lipinski definition) is 2. The molecule has 1 heterocycles. The SMILES string of the molecule is [O-][N+]1=C2CC=CC=C2[NH+]([O-])[I-]1. The quantitative estimate of drug-likeness (QED) is 0.276. The molecule has 4 nitrogen and oxygen atoms in total. The summed E-state index contributed by atoms with van der Waals surface area (Å²) in [6, 6.07) is 0. The van der Waals surface area contributed by atoms with E-state index in [-0.39, 0.29) is 3.28 Å². The van der Waals surface area contributed by atoms with Gasteiger partial charge in [0.05, 0.1) is 0 Å². The van der Waals surface area contributed by atoms with E-state index in [1.807, 2.05) is 12.2 Å². The normalized spacial score (nSPS) is 29.5. The summed E-state index contributed by atoms with van der Waals surface area (Å²) in [7, 11) is 0. The molecule has 60 valence electrons. The third-order valence-corrected chi connectivity index (χ3v) is 3.64. The van der Waals surface area contributed by atoms with Gasteiger partial charge in [0.2, 0.25) is 0 Å². The first-order valence-electron chi connectivity index (χ1n) is 3.19. The van der Waals surface area contributed by atoms with E-state index in [0.29, 0.717) is 17.8 Å². The molecule has 0 saturated heterocycles. The number of rotatable bonds is 0. The Labute approximate surface area is 74.6 Å². The van der Waals surface area contributed by atoms with Crippen molar-refractivity contribution in [2.45, 2.75) is 6.42 Å². The molecule has 0 bridgehead atoms. The first kappa shape index (κ1) is 7.26. The molecule has 0 spiro atoms. The Morgan fingerprint density at radius 1 is 1.64 bits per heavy atom. The van der Waals surface area contributed by atoms with E-state index in [4.69, 9.17) is 0 Å². The number of nitrogens with one attached hydrogen (secondary N) is 1. The Morgan fingerprint density at radius 2 is 2.45 bits per heavy atom. The van der Waals surface area contributed by atoms with E-state index in [0.717, 1.165) is 2.95 Å². The van der Waals surface area contributed by atoms with Crippen LogP contribution in [0.2, 0.25) is 0 Å². The van der Waals surface area contributed by atoms with E-state index >= 15 is 0 Å². The number of hydrogen-bond donors (Lipinski definition) is 1. The molecule has 1 aliphatic carbocycles. The van der Waals surface area contributed by atoms with Crippen LogP contribution in [0.15, 0.2) is 23.9 Å². The van der Waals surface area contributed by atoms with Gasteiger partial charge in [-0.1, -0.05) is 0 Å². The third kappa shape index (κ3) is 1.09. The van der Waals surface area contributed by atoms with Crippen LogP contribution < -0.4 is 25.0 Å². The molecular formula is C6H6IN2O2-. The van der Waals surface area contributed by atoms with E-state index < -0.39 is 21.8 Å². The van der Waals surface area contributed by atoms with Crippen LogP contribution in [0.3, 0.4) is 0 Å². The molecule has 2 aliphatic rings. The zero-order chi connectivity index (χ0) is 7.84. The van der Waals surface area contributed by atoms with Gasteiger partial charge in [0.1, 0.15) is 0 Å². The third-order valence-electron chi connectivity index (χ3n) is 1.60. The monoisotopic (exact) mass is 265 g/mol. The van der Waals surface area contributed by atoms with Crippen LogP contribution in [0.5, 0.6) is 0 Å². The van der Waals surface area contributed by atoms with Gasteiger partial charge in [0.25, 0.3) is 0 Å². The Kier molecular flexibility index (Phi) is 1.70. The van der Waals surface area contributed by atoms with E-state index in [1.54, 1.807) is 6.08 Å². The molecule has 0 fully saturated rings. The van der Waals surface area contributed by atoms with E-state index in [2.05, 4.69) is 0 Å². The fourth-order valence-electron chi connectivity index (χ4n) is 1.06. The minimum atomic E-state index is -0.943. The van der Waals surface area contributed by atoms with Crippen molar-refractivity contribution in [1.82, 2.24) is 0 Å². The van der Waals surface area contributed by atoms with E-state index in [1.165, 1.54) is 0 Å². The number of quaternary nitrogens is 1.